The van der Waals surface area contributed by atoms with Crippen LogP contribution in [0, 0.1) is 0 Å². The Bertz CT molecular complexity index is 593. The van der Waals surface area contributed by atoms with Crippen molar-refractivity contribution in [3.8, 4) is 5.88 Å². The molecule has 0 aliphatic carbocycles. The highest BCUT2D eigenvalue weighted by molar-refractivity contribution is 5.74. The number of aromatic nitrogens is 2. The van der Waals surface area contributed by atoms with Crippen LogP contribution >= 0.6 is 0 Å². The van der Waals surface area contributed by atoms with Gasteiger partial charge in [0, 0.05) is 32.7 Å². The Labute approximate surface area is 119 Å². The van der Waals surface area contributed by atoms with E-state index in [1.807, 2.05) is 24.3 Å². The van der Waals surface area contributed by atoms with E-state index in [-0.39, 0.29) is 0 Å². The first-order valence-corrected chi connectivity index (χ1v) is 6.97. The van der Waals surface area contributed by atoms with E-state index in [2.05, 4.69) is 21.8 Å². The Balaban J connectivity index is 1.86. The molecule has 0 N–H and O–H groups in total. The molecule has 1 aromatic carbocycles. The number of likely N-dealkylation sites (N-methyl/N-ethyl adjacent to an activating group) is 1. The van der Waals surface area contributed by atoms with Crippen molar-refractivity contribution in [3.63, 3.8) is 0 Å². The highest BCUT2D eigenvalue weighted by atomic mass is 16.5. The number of piperazine rings is 1. The van der Waals surface area contributed by atoms with E-state index in [0.717, 1.165) is 49.5 Å². The second-order valence-corrected chi connectivity index (χ2v) is 5.25. The average Bonchev–Trinajstić information content (AvgIpc) is 2.49. The molecule has 1 saturated heterocycles. The summed E-state index contributed by atoms with van der Waals surface area (Å²) in [5, 5.41) is 0. The summed E-state index contributed by atoms with van der Waals surface area (Å²) < 4.78 is 5.41. The van der Waals surface area contributed by atoms with Crippen molar-refractivity contribution in [2.24, 2.45) is 0 Å². The minimum absolute atomic E-state index is 0.641. The number of hydrogen-bond acceptors (Lipinski definition) is 5. The molecule has 0 radical (unpaired) electrons. The Morgan fingerprint density at radius 2 is 1.70 bits per heavy atom. The first-order valence-electron chi connectivity index (χ1n) is 6.97. The van der Waals surface area contributed by atoms with Gasteiger partial charge in [0.05, 0.1) is 18.1 Å². The lowest BCUT2D eigenvalue weighted by Crippen LogP contribution is -2.44. The van der Waals surface area contributed by atoms with Crippen molar-refractivity contribution in [2.45, 2.75) is 6.54 Å². The summed E-state index contributed by atoms with van der Waals surface area (Å²) in [7, 11) is 3.82. The monoisotopic (exact) mass is 272 g/mol. The van der Waals surface area contributed by atoms with Crippen LogP contribution < -0.4 is 4.74 Å². The summed E-state index contributed by atoms with van der Waals surface area (Å²) in [6, 6.07) is 7.92. The van der Waals surface area contributed by atoms with Gasteiger partial charge in [0.25, 0.3) is 0 Å². The first-order chi connectivity index (χ1) is 9.76. The van der Waals surface area contributed by atoms with Crippen molar-refractivity contribution in [1.82, 2.24) is 19.8 Å². The molecule has 1 aliphatic heterocycles. The maximum atomic E-state index is 5.41. The molecule has 1 fully saturated rings. The molecule has 1 aliphatic rings. The van der Waals surface area contributed by atoms with Gasteiger partial charge in [-0.1, -0.05) is 12.1 Å². The SMILES string of the molecule is COc1nc2ccccc2nc1CN1CCN(C)CC1. The number of para-hydroxylation sites is 2. The maximum absolute atomic E-state index is 5.41. The predicted octanol–water partition coefficient (Wildman–Crippen LogP) is 1.39. The van der Waals surface area contributed by atoms with Crippen LogP contribution in [0.15, 0.2) is 24.3 Å². The second kappa shape index (κ2) is 5.73. The summed E-state index contributed by atoms with van der Waals surface area (Å²) >= 11 is 0. The molecular weight excluding hydrogens is 252 g/mol. The van der Waals surface area contributed by atoms with Crippen molar-refractivity contribution >= 4 is 11.0 Å². The summed E-state index contributed by atoms with van der Waals surface area (Å²) in [5.41, 5.74) is 2.74. The van der Waals surface area contributed by atoms with Crippen LogP contribution in [0.5, 0.6) is 5.88 Å². The third-order valence-corrected chi connectivity index (χ3v) is 3.77. The van der Waals surface area contributed by atoms with Crippen molar-refractivity contribution in [2.75, 3.05) is 40.3 Å². The molecule has 0 spiro atoms. The van der Waals surface area contributed by atoms with Gasteiger partial charge in [0.2, 0.25) is 5.88 Å². The Morgan fingerprint density at radius 3 is 2.35 bits per heavy atom. The predicted molar refractivity (Wildman–Crippen MR) is 78.9 cm³/mol. The van der Waals surface area contributed by atoms with E-state index in [0.29, 0.717) is 5.88 Å². The van der Waals surface area contributed by atoms with Crippen LogP contribution in [0.25, 0.3) is 11.0 Å². The van der Waals surface area contributed by atoms with Gasteiger partial charge in [-0.25, -0.2) is 9.97 Å². The van der Waals surface area contributed by atoms with Gasteiger partial charge in [-0.3, -0.25) is 4.90 Å². The summed E-state index contributed by atoms with van der Waals surface area (Å²) in [6.45, 7) is 5.13. The highest BCUT2D eigenvalue weighted by Crippen LogP contribution is 2.20. The maximum Gasteiger partial charge on any atom is 0.237 e. The fourth-order valence-corrected chi connectivity index (χ4v) is 2.50. The van der Waals surface area contributed by atoms with Gasteiger partial charge in [0.1, 0.15) is 5.69 Å². The van der Waals surface area contributed by atoms with Gasteiger partial charge >= 0.3 is 0 Å². The van der Waals surface area contributed by atoms with Crippen LogP contribution in [-0.4, -0.2) is 60.1 Å². The number of nitrogens with zero attached hydrogens (tertiary/aromatic N) is 4. The Morgan fingerprint density at radius 1 is 1.05 bits per heavy atom. The van der Waals surface area contributed by atoms with Crippen LogP contribution in [0.3, 0.4) is 0 Å². The molecule has 0 unspecified atom stereocenters. The van der Waals surface area contributed by atoms with Crippen molar-refractivity contribution in [3.05, 3.63) is 30.0 Å². The molecule has 0 bridgehead atoms. The van der Waals surface area contributed by atoms with Crippen LogP contribution in [0.2, 0.25) is 0 Å². The standard InChI is InChI=1S/C15H20N4O/c1-18-7-9-19(10-8-18)11-14-15(20-2)17-13-6-4-3-5-12(13)16-14/h3-6H,7-11H2,1-2H3. The molecule has 0 saturated carbocycles. The quantitative estimate of drug-likeness (QED) is 0.844. The summed E-state index contributed by atoms with van der Waals surface area (Å²) in [6.07, 6.45) is 0. The first kappa shape index (κ1) is 13.3. The lowest BCUT2D eigenvalue weighted by molar-refractivity contribution is 0.145. The molecule has 2 heterocycles. The zero-order valence-corrected chi connectivity index (χ0v) is 12.0. The van der Waals surface area contributed by atoms with E-state index < -0.39 is 0 Å². The fraction of sp³-hybridized carbons (Fsp3) is 0.467. The van der Waals surface area contributed by atoms with Gasteiger partial charge in [0.15, 0.2) is 0 Å². The minimum atomic E-state index is 0.641. The molecule has 5 nitrogen and oxygen atoms in total. The van der Waals surface area contributed by atoms with Gasteiger partial charge in [-0.2, -0.15) is 0 Å². The zero-order valence-electron chi connectivity index (χ0n) is 12.0. The number of benzene rings is 1. The van der Waals surface area contributed by atoms with E-state index in [9.17, 15) is 0 Å². The number of hydrogen-bond donors (Lipinski definition) is 0. The topological polar surface area (TPSA) is 41.5 Å². The van der Waals surface area contributed by atoms with E-state index in [1.54, 1.807) is 7.11 Å². The van der Waals surface area contributed by atoms with E-state index in [4.69, 9.17) is 9.72 Å². The minimum Gasteiger partial charge on any atom is -0.480 e. The average molecular weight is 272 g/mol. The second-order valence-electron chi connectivity index (χ2n) is 5.25. The number of methoxy groups -OCH3 is 1. The smallest absolute Gasteiger partial charge is 0.237 e. The lowest BCUT2D eigenvalue weighted by atomic mass is 10.2. The van der Waals surface area contributed by atoms with Gasteiger partial charge in [-0.15, -0.1) is 0 Å². The van der Waals surface area contributed by atoms with E-state index >= 15 is 0 Å². The molecular formula is C15H20N4O. The van der Waals surface area contributed by atoms with E-state index in [1.165, 1.54) is 0 Å². The highest BCUT2D eigenvalue weighted by Gasteiger charge is 2.17. The van der Waals surface area contributed by atoms with Gasteiger partial charge < -0.3 is 9.64 Å². The largest absolute Gasteiger partial charge is 0.480 e. The molecule has 2 aromatic rings. The summed E-state index contributed by atoms with van der Waals surface area (Å²) in [5.74, 6) is 0.641. The Hall–Kier alpha value is -1.72. The fourth-order valence-electron chi connectivity index (χ4n) is 2.50. The third kappa shape index (κ3) is 2.73. The molecule has 0 amide bonds. The lowest BCUT2D eigenvalue weighted by Gasteiger charge is -2.32. The zero-order chi connectivity index (χ0) is 13.9. The van der Waals surface area contributed by atoms with Crippen molar-refractivity contribution < 1.29 is 4.74 Å². The van der Waals surface area contributed by atoms with Crippen LogP contribution in [0.4, 0.5) is 0 Å². The third-order valence-electron chi connectivity index (χ3n) is 3.77. The molecule has 20 heavy (non-hydrogen) atoms. The van der Waals surface area contributed by atoms with Crippen LogP contribution in [0.1, 0.15) is 5.69 Å². The molecule has 0 atom stereocenters. The van der Waals surface area contributed by atoms with Gasteiger partial charge in [-0.05, 0) is 19.2 Å². The van der Waals surface area contributed by atoms with Crippen molar-refractivity contribution in [1.29, 1.82) is 0 Å². The molecule has 3 rings (SSSR count). The molecule has 1 aromatic heterocycles. The molecule has 106 valence electrons. The Kier molecular flexibility index (Phi) is 3.80. The number of ether oxygens (including phenoxy) is 1. The number of fused-ring (bicyclic) bond motifs is 1. The van der Waals surface area contributed by atoms with Crippen LogP contribution in [-0.2, 0) is 6.54 Å². The normalized spacial score (nSPS) is 17.5. The number of rotatable bonds is 3. The molecule has 5 heteroatoms. The summed E-state index contributed by atoms with van der Waals surface area (Å²) in [4.78, 5) is 14.0.